The minimum Gasteiger partial charge on any atom is -0.307 e. The van der Waals surface area contributed by atoms with E-state index in [1.807, 2.05) is 39.0 Å². The predicted octanol–water partition coefficient (Wildman–Crippen LogP) is 4.02. The van der Waals surface area contributed by atoms with E-state index in [9.17, 15) is 9.59 Å². The number of hydrogen-bond donors (Lipinski definition) is 1. The van der Waals surface area contributed by atoms with Crippen LogP contribution in [0.25, 0.3) is 11.1 Å². The van der Waals surface area contributed by atoms with E-state index in [1.165, 1.54) is 0 Å². The van der Waals surface area contributed by atoms with Gasteiger partial charge in [0.05, 0.1) is 21.7 Å². The number of aromatic nitrogens is 2. The van der Waals surface area contributed by atoms with Gasteiger partial charge in [-0.2, -0.15) is 0 Å². The van der Waals surface area contributed by atoms with Crippen molar-refractivity contribution in [2.45, 2.75) is 30.6 Å². The second-order valence-corrected chi connectivity index (χ2v) is 11.7. The Morgan fingerprint density at radius 2 is 2.00 bits per heavy atom. The van der Waals surface area contributed by atoms with Crippen LogP contribution in [0.15, 0.2) is 33.5 Å². The van der Waals surface area contributed by atoms with Gasteiger partial charge in [-0.05, 0) is 26.3 Å². The van der Waals surface area contributed by atoms with E-state index in [-0.39, 0.29) is 11.8 Å². The summed E-state index contributed by atoms with van der Waals surface area (Å²) in [5.41, 5.74) is 3.71. The number of benzene rings is 1. The maximum Gasteiger partial charge on any atom is 0.264 e. The topological polar surface area (TPSA) is 75.2 Å². The van der Waals surface area contributed by atoms with E-state index < -0.39 is 5.54 Å². The maximum atomic E-state index is 13.5. The van der Waals surface area contributed by atoms with Crippen molar-refractivity contribution in [3.05, 3.63) is 45.3 Å². The van der Waals surface area contributed by atoms with Crippen LogP contribution in [-0.4, -0.2) is 37.6 Å². The Morgan fingerprint density at radius 3 is 2.67 bits per heavy atom. The molecule has 6 nitrogen and oxygen atoms in total. The fourth-order valence-corrected chi connectivity index (χ4v) is 6.91. The number of nitrogens with one attached hydrogen (secondary N) is 1. The monoisotopic (exact) mass is 472 g/mol. The molecule has 0 radical (unpaired) electrons. The maximum absolute atomic E-state index is 13.5. The van der Waals surface area contributed by atoms with E-state index in [2.05, 4.69) is 21.6 Å². The first-order chi connectivity index (χ1) is 14.3. The predicted molar refractivity (Wildman–Crippen MR) is 127 cm³/mol. The number of nitrogens with zero attached hydrogens (tertiary/aromatic N) is 3. The summed E-state index contributed by atoms with van der Waals surface area (Å²) in [5.74, 6) is 0.258. The van der Waals surface area contributed by atoms with Crippen LogP contribution in [0.5, 0.6) is 0 Å². The molecule has 1 aromatic carbocycles. The van der Waals surface area contributed by atoms with Crippen molar-refractivity contribution >= 4 is 80.0 Å². The molecule has 0 aliphatic carbocycles. The molecule has 0 atom stereocenters. The van der Waals surface area contributed by atoms with Crippen molar-refractivity contribution in [1.29, 1.82) is 0 Å². The first-order valence-electron chi connectivity index (χ1n) is 9.16. The number of anilines is 1. The highest BCUT2D eigenvalue weighted by molar-refractivity contribution is 8.27. The Hall–Kier alpha value is -2.01. The van der Waals surface area contributed by atoms with Gasteiger partial charge in [-0.15, -0.1) is 10.2 Å². The van der Waals surface area contributed by atoms with Crippen LogP contribution in [0.2, 0.25) is 0 Å². The number of carbonyl (C=O) groups is 2. The summed E-state index contributed by atoms with van der Waals surface area (Å²) in [6.07, 6.45) is 2.14. The molecule has 5 rings (SSSR count). The van der Waals surface area contributed by atoms with Crippen molar-refractivity contribution in [2.24, 2.45) is 0 Å². The normalized spacial score (nSPS) is 21.8. The second kappa shape index (κ2) is 7.01. The molecule has 0 spiro atoms. The average molecular weight is 473 g/mol. The number of para-hydroxylation sites is 1. The van der Waals surface area contributed by atoms with Crippen LogP contribution in [0.3, 0.4) is 0 Å². The largest absolute Gasteiger partial charge is 0.307 e. The van der Waals surface area contributed by atoms with Gasteiger partial charge in [0.15, 0.2) is 4.34 Å². The minimum atomic E-state index is -0.532. The fourth-order valence-electron chi connectivity index (χ4n) is 3.99. The zero-order valence-electron chi connectivity index (χ0n) is 16.3. The SMILES string of the molecule is Cc1nnc(SCC2=CC(C)(C)N3C(=O)/C(=C4\SC(=S)NC4=O)c4cccc2c43)s1. The summed E-state index contributed by atoms with van der Waals surface area (Å²) in [7, 11) is 0. The Morgan fingerprint density at radius 1 is 1.23 bits per heavy atom. The quantitative estimate of drug-likeness (QED) is 0.411. The van der Waals surface area contributed by atoms with Gasteiger partial charge in [-0.3, -0.25) is 14.5 Å². The molecular weight excluding hydrogens is 457 g/mol. The second-order valence-electron chi connectivity index (χ2n) is 7.59. The highest BCUT2D eigenvalue weighted by atomic mass is 32.2. The number of carbonyl (C=O) groups excluding carboxylic acids is 2. The Kier molecular flexibility index (Phi) is 4.66. The zero-order chi connectivity index (χ0) is 21.2. The van der Waals surface area contributed by atoms with Crippen LogP contribution >= 0.6 is 47.1 Å². The van der Waals surface area contributed by atoms with Gasteiger partial charge in [-0.25, -0.2) is 0 Å². The molecule has 1 fully saturated rings. The third kappa shape index (κ3) is 3.05. The molecule has 3 aliphatic heterocycles. The van der Waals surface area contributed by atoms with Gasteiger partial charge >= 0.3 is 0 Å². The molecule has 4 heterocycles. The van der Waals surface area contributed by atoms with Crippen molar-refractivity contribution in [1.82, 2.24) is 15.5 Å². The third-order valence-electron chi connectivity index (χ3n) is 5.10. The average Bonchev–Trinajstić information content (AvgIpc) is 3.32. The van der Waals surface area contributed by atoms with Gasteiger partial charge in [0.2, 0.25) is 0 Å². The van der Waals surface area contributed by atoms with Gasteiger partial charge in [0.1, 0.15) is 9.33 Å². The summed E-state index contributed by atoms with van der Waals surface area (Å²) >= 11 is 9.51. The Bertz CT molecular complexity index is 1210. The molecule has 10 heteroatoms. The molecule has 1 aromatic heterocycles. The number of rotatable bonds is 3. The molecule has 1 saturated heterocycles. The zero-order valence-corrected chi connectivity index (χ0v) is 19.6. The third-order valence-corrected chi connectivity index (χ3v) is 8.35. The molecule has 152 valence electrons. The molecule has 30 heavy (non-hydrogen) atoms. The number of amides is 2. The number of aryl methyl sites for hydroxylation is 1. The van der Waals surface area contributed by atoms with E-state index in [4.69, 9.17) is 12.2 Å². The summed E-state index contributed by atoms with van der Waals surface area (Å²) < 4.78 is 1.30. The van der Waals surface area contributed by atoms with E-state index >= 15 is 0 Å². The first-order valence-corrected chi connectivity index (χ1v) is 12.2. The van der Waals surface area contributed by atoms with Gasteiger partial charge < -0.3 is 5.32 Å². The van der Waals surface area contributed by atoms with E-state index in [0.29, 0.717) is 14.8 Å². The highest BCUT2D eigenvalue weighted by Gasteiger charge is 2.47. The Balaban J connectivity index is 1.62. The lowest BCUT2D eigenvalue weighted by molar-refractivity contribution is -0.116. The Labute approximate surface area is 191 Å². The molecule has 2 aromatic rings. The minimum absolute atomic E-state index is 0.160. The first kappa shape index (κ1) is 19.9. The number of thiocarbonyl (C=S) groups is 1. The summed E-state index contributed by atoms with van der Waals surface area (Å²) in [4.78, 5) is 28.1. The van der Waals surface area contributed by atoms with Crippen molar-refractivity contribution in [2.75, 3.05) is 10.7 Å². The van der Waals surface area contributed by atoms with E-state index in [1.54, 1.807) is 28.0 Å². The van der Waals surface area contributed by atoms with Crippen molar-refractivity contribution in [3.63, 3.8) is 0 Å². The molecular formula is C20H16N4O2S4. The summed E-state index contributed by atoms with van der Waals surface area (Å²) in [5, 5.41) is 11.9. The lowest BCUT2D eigenvalue weighted by Gasteiger charge is -2.39. The lowest BCUT2D eigenvalue weighted by atomic mass is 9.89. The molecule has 1 N–H and O–H groups in total. The molecule has 0 bridgehead atoms. The summed E-state index contributed by atoms with van der Waals surface area (Å²) in [6.45, 7) is 5.98. The van der Waals surface area contributed by atoms with Crippen LogP contribution in [-0.2, 0) is 9.59 Å². The van der Waals surface area contributed by atoms with Gasteiger partial charge in [0, 0.05) is 16.9 Å². The molecule has 3 aliphatic rings. The standard InChI is InChI=1S/C20H16N4O2S4/c1-9-22-23-19(29-9)28-8-10-7-20(2,3)24-14-11(10)5-4-6-12(14)13(17(24)26)15-16(25)21-18(27)30-15/h4-7H,8H2,1-3H3,(H,21,25,27)/b15-13-. The molecule has 0 saturated carbocycles. The molecule has 2 amide bonds. The van der Waals surface area contributed by atoms with Gasteiger partial charge in [0.25, 0.3) is 11.8 Å². The smallest absolute Gasteiger partial charge is 0.264 e. The highest BCUT2D eigenvalue weighted by Crippen LogP contribution is 2.51. The number of thioether (sulfide) groups is 2. The van der Waals surface area contributed by atoms with E-state index in [0.717, 1.165) is 49.2 Å². The van der Waals surface area contributed by atoms with Crippen molar-refractivity contribution in [3.8, 4) is 0 Å². The number of hydrogen-bond acceptors (Lipinski definition) is 8. The van der Waals surface area contributed by atoms with Gasteiger partial charge in [-0.1, -0.05) is 71.4 Å². The lowest BCUT2D eigenvalue weighted by Crippen LogP contribution is -2.46. The van der Waals surface area contributed by atoms with Crippen LogP contribution in [0.1, 0.15) is 30.0 Å². The van der Waals surface area contributed by atoms with Crippen LogP contribution in [0, 0.1) is 6.92 Å². The summed E-state index contributed by atoms with van der Waals surface area (Å²) in [6, 6.07) is 5.88. The molecule has 0 unspecified atom stereocenters. The van der Waals surface area contributed by atoms with Crippen LogP contribution in [0.4, 0.5) is 5.69 Å². The van der Waals surface area contributed by atoms with Crippen LogP contribution < -0.4 is 10.2 Å². The van der Waals surface area contributed by atoms with Crippen molar-refractivity contribution < 1.29 is 9.59 Å². The fraction of sp³-hybridized carbons (Fsp3) is 0.250.